The van der Waals surface area contributed by atoms with Crippen molar-refractivity contribution in [3.8, 4) is 12.3 Å². The normalized spacial score (nSPS) is 33.7. The predicted octanol–water partition coefficient (Wildman–Crippen LogP) is 0.155. The van der Waals surface area contributed by atoms with Crippen molar-refractivity contribution in [3.05, 3.63) is 34.9 Å². The maximum Gasteiger partial charge on any atom is 0.107 e. The first-order chi connectivity index (χ1) is 9.49. The van der Waals surface area contributed by atoms with Gasteiger partial charge in [0.25, 0.3) is 0 Å². The van der Waals surface area contributed by atoms with Crippen molar-refractivity contribution in [1.29, 1.82) is 0 Å². The lowest BCUT2D eigenvalue weighted by molar-refractivity contribution is -0.127. The van der Waals surface area contributed by atoms with Gasteiger partial charge in [-0.3, -0.25) is 0 Å². The summed E-state index contributed by atoms with van der Waals surface area (Å²) in [6.45, 7) is 1.68. The molecule has 0 aliphatic heterocycles. The molecule has 4 N–H and O–H groups in total. The second-order valence-corrected chi connectivity index (χ2v) is 5.47. The molecule has 1 aromatic carbocycles. The molecule has 2 rings (SSSR count). The van der Waals surface area contributed by atoms with Crippen molar-refractivity contribution in [2.75, 3.05) is 6.61 Å². The van der Waals surface area contributed by atoms with Crippen LogP contribution in [0.4, 0.5) is 0 Å². The number of aryl methyl sites for hydroxylation is 1. The first-order valence-electron chi connectivity index (χ1n) is 6.71. The highest BCUT2D eigenvalue weighted by Crippen LogP contribution is 2.38. The van der Waals surface area contributed by atoms with Crippen LogP contribution in [0.1, 0.15) is 29.0 Å². The highest BCUT2D eigenvalue weighted by Gasteiger charge is 2.43. The Bertz CT molecular complexity index is 518. The second kappa shape index (κ2) is 5.94. The molecular formula is C16H20O4. The van der Waals surface area contributed by atoms with Crippen LogP contribution < -0.4 is 0 Å². The highest BCUT2D eigenvalue weighted by molar-refractivity contribution is 5.41. The quantitative estimate of drug-likeness (QED) is 0.580. The van der Waals surface area contributed by atoms with Gasteiger partial charge in [0.2, 0.25) is 0 Å². The number of aliphatic hydroxyl groups is 4. The van der Waals surface area contributed by atoms with Crippen molar-refractivity contribution < 1.29 is 20.4 Å². The maximum absolute atomic E-state index is 10.2. The third kappa shape index (κ3) is 2.58. The van der Waals surface area contributed by atoms with E-state index in [4.69, 9.17) is 6.42 Å². The fourth-order valence-corrected chi connectivity index (χ4v) is 3.00. The van der Waals surface area contributed by atoms with Gasteiger partial charge in [-0.05, 0) is 36.6 Å². The lowest BCUT2D eigenvalue weighted by Gasteiger charge is -2.40. The summed E-state index contributed by atoms with van der Waals surface area (Å²) < 4.78 is 0. The van der Waals surface area contributed by atoms with Crippen LogP contribution in [0.25, 0.3) is 0 Å². The van der Waals surface area contributed by atoms with Crippen LogP contribution in [0.3, 0.4) is 0 Å². The Balaban J connectivity index is 2.34. The van der Waals surface area contributed by atoms with Gasteiger partial charge in [0.15, 0.2) is 0 Å². The number of rotatable bonds is 2. The molecule has 0 unspecified atom stereocenters. The second-order valence-electron chi connectivity index (χ2n) is 5.47. The predicted molar refractivity (Wildman–Crippen MR) is 75.1 cm³/mol. The molecule has 0 amide bonds. The summed E-state index contributed by atoms with van der Waals surface area (Å²) >= 11 is 0. The highest BCUT2D eigenvalue weighted by atomic mass is 16.4. The fourth-order valence-electron chi connectivity index (χ4n) is 3.00. The molecule has 1 aromatic rings. The molecule has 1 saturated carbocycles. The lowest BCUT2D eigenvalue weighted by atomic mass is 9.72. The van der Waals surface area contributed by atoms with E-state index in [1.807, 2.05) is 19.1 Å². The first kappa shape index (κ1) is 15.0. The molecule has 0 aromatic heterocycles. The summed E-state index contributed by atoms with van der Waals surface area (Å²) in [5, 5.41) is 39.3. The smallest absolute Gasteiger partial charge is 0.107 e. The van der Waals surface area contributed by atoms with E-state index >= 15 is 0 Å². The molecule has 0 saturated heterocycles. The minimum atomic E-state index is -1.25. The van der Waals surface area contributed by atoms with Gasteiger partial charge in [-0.25, -0.2) is 0 Å². The van der Waals surface area contributed by atoms with Crippen molar-refractivity contribution in [3.63, 3.8) is 0 Å². The number of benzene rings is 1. The Morgan fingerprint density at radius 2 is 1.90 bits per heavy atom. The Kier molecular flexibility index (Phi) is 4.46. The van der Waals surface area contributed by atoms with Crippen molar-refractivity contribution in [2.24, 2.45) is 5.92 Å². The van der Waals surface area contributed by atoms with E-state index in [2.05, 4.69) is 5.92 Å². The average molecular weight is 276 g/mol. The van der Waals surface area contributed by atoms with Gasteiger partial charge >= 0.3 is 0 Å². The molecule has 1 aliphatic rings. The summed E-state index contributed by atoms with van der Waals surface area (Å²) in [6.07, 6.45) is 2.37. The van der Waals surface area contributed by atoms with E-state index in [9.17, 15) is 20.4 Å². The average Bonchev–Trinajstić information content (AvgIpc) is 2.46. The molecule has 0 radical (unpaired) electrons. The van der Waals surface area contributed by atoms with Gasteiger partial charge in [0.05, 0.1) is 12.2 Å². The summed E-state index contributed by atoms with van der Waals surface area (Å²) in [5.74, 6) is 1.79. The van der Waals surface area contributed by atoms with E-state index in [0.717, 1.165) is 16.7 Å². The zero-order valence-corrected chi connectivity index (χ0v) is 11.4. The van der Waals surface area contributed by atoms with Crippen molar-refractivity contribution in [1.82, 2.24) is 0 Å². The summed E-state index contributed by atoms with van der Waals surface area (Å²) in [5.41, 5.74) is 2.58. The minimum Gasteiger partial charge on any atom is -0.396 e. The van der Waals surface area contributed by atoms with Gasteiger partial charge in [0.1, 0.15) is 6.10 Å². The van der Waals surface area contributed by atoms with Crippen LogP contribution in [0.5, 0.6) is 0 Å². The minimum absolute atomic E-state index is 0.219. The molecule has 0 spiro atoms. The first-order valence-corrected chi connectivity index (χ1v) is 6.71. The van der Waals surface area contributed by atoms with Crippen molar-refractivity contribution >= 4 is 0 Å². The molecular weight excluding hydrogens is 256 g/mol. The number of aliphatic hydroxyl groups excluding tert-OH is 4. The maximum atomic E-state index is 10.2. The van der Waals surface area contributed by atoms with E-state index in [1.54, 1.807) is 6.07 Å². The Morgan fingerprint density at radius 3 is 2.45 bits per heavy atom. The number of hydrogen-bond acceptors (Lipinski definition) is 4. The topological polar surface area (TPSA) is 80.9 Å². The molecule has 0 bridgehead atoms. The summed E-state index contributed by atoms with van der Waals surface area (Å²) in [6, 6.07) is 5.49. The molecule has 4 nitrogen and oxygen atoms in total. The molecule has 4 heteroatoms. The monoisotopic (exact) mass is 276 g/mol. The molecule has 1 aliphatic carbocycles. The third-order valence-electron chi connectivity index (χ3n) is 4.22. The molecule has 1 fully saturated rings. The molecule has 20 heavy (non-hydrogen) atoms. The van der Waals surface area contributed by atoms with E-state index in [0.29, 0.717) is 6.42 Å². The number of hydrogen-bond donors (Lipinski definition) is 4. The van der Waals surface area contributed by atoms with Gasteiger partial charge in [-0.1, -0.05) is 12.0 Å². The van der Waals surface area contributed by atoms with Gasteiger partial charge in [-0.15, -0.1) is 6.42 Å². The van der Waals surface area contributed by atoms with Gasteiger partial charge in [-0.2, -0.15) is 0 Å². The summed E-state index contributed by atoms with van der Waals surface area (Å²) in [4.78, 5) is 0. The van der Waals surface area contributed by atoms with Crippen LogP contribution in [-0.2, 0) is 0 Å². The van der Waals surface area contributed by atoms with Crippen molar-refractivity contribution in [2.45, 2.75) is 37.6 Å². The van der Waals surface area contributed by atoms with Crippen LogP contribution in [0, 0.1) is 25.2 Å². The Labute approximate surface area is 118 Å². The Hall–Kier alpha value is -1.38. The largest absolute Gasteiger partial charge is 0.396 e. The SMILES string of the molecule is C#Cc1ccc([C@H]2C[C@H](CO)[C@@H](O)[C@H](O)[C@@H]2O)c(C)c1. The summed E-state index contributed by atoms with van der Waals surface area (Å²) in [7, 11) is 0. The zero-order valence-electron chi connectivity index (χ0n) is 11.4. The molecule has 0 heterocycles. The molecule has 5 atom stereocenters. The fraction of sp³-hybridized carbons (Fsp3) is 0.500. The van der Waals surface area contributed by atoms with Gasteiger partial charge < -0.3 is 20.4 Å². The van der Waals surface area contributed by atoms with Crippen LogP contribution in [0.2, 0.25) is 0 Å². The van der Waals surface area contributed by atoms with Crippen LogP contribution in [-0.4, -0.2) is 45.3 Å². The Morgan fingerprint density at radius 1 is 1.20 bits per heavy atom. The standard InChI is InChI=1S/C16H20O4/c1-3-10-4-5-12(9(2)6-10)13-7-11(8-17)14(18)16(20)15(13)19/h1,4-6,11,13-20H,7-8H2,2H3/t11-,13-,14-,15-,16+/m1/s1. The van der Waals surface area contributed by atoms with Crippen LogP contribution in [0.15, 0.2) is 18.2 Å². The van der Waals surface area contributed by atoms with E-state index in [-0.39, 0.29) is 12.5 Å². The molecule has 108 valence electrons. The van der Waals surface area contributed by atoms with Crippen LogP contribution >= 0.6 is 0 Å². The van der Waals surface area contributed by atoms with E-state index in [1.165, 1.54) is 0 Å². The van der Waals surface area contributed by atoms with E-state index < -0.39 is 24.2 Å². The third-order valence-corrected chi connectivity index (χ3v) is 4.22. The lowest BCUT2D eigenvalue weighted by Crippen LogP contribution is -2.51. The zero-order chi connectivity index (χ0) is 14.9. The number of terminal acetylenes is 1. The van der Waals surface area contributed by atoms with Gasteiger partial charge in [0, 0.05) is 24.0 Å².